The van der Waals surface area contributed by atoms with Crippen LogP contribution in [0.1, 0.15) is 32.9 Å². The van der Waals surface area contributed by atoms with Crippen molar-refractivity contribution >= 4 is 15.9 Å². The number of piperazine rings is 1. The van der Waals surface area contributed by atoms with Gasteiger partial charge in [0.15, 0.2) is 0 Å². The van der Waals surface area contributed by atoms with Gasteiger partial charge in [0.2, 0.25) is 10.0 Å². The molecule has 1 amide bonds. The van der Waals surface area contributed by atoms with Gasteiger partial charge in [0.1, 0.15) is 5.69 Å². The van der Waals surface area contributed by atoms with Crippen molar-refractivity contribution in [3.05, 3.63) is 46.3 Å². The molecule has 1 aromatic heterocycles. The molecule has 1 fully saturated rings. The Labute approximate surface area is 154 Å². The first-order valence-corrected chi connectivity index (χ1v) is 10.0. The second-order valence-corrected chi connectivity index (χ2v) is 8.74. The van der Waals surface area contributed by atoms with Gasteiger partial charge < -0.3 is 4.90 Å². The Hall–Kier alpha value is -2.19. The second-order valence-electron chi connectivity index (χ2n) is 6.86. The number of aromatic amines is 1. The molecule has 0 atom stereocenters. The van der Waals surface area contributed by atoms with Crippen molar-refractivity contribution in [3.8, 4) is 0 Å². The number of carbonyl (C=O) groups is 1. The summed E-state index contributed by atoms with van der Waals surface area (Å²) >= 11 is 0. The fourth-order valence-corrected chi connectivity index (χ4v) is 5.36. The maximum Gasteiger partial charge on any atom is 0.274 e. The zero-order valence-corrected chi connectivity index (χ0v) is 16.4. The van der Waals surface area contributed by atoms with E-state index in [1.54, 1.807) is 11.0 Å². The van der Waals surface area contributed by atoms with Crippen LogP contribution in [0.2, 0.25) is 0 Å². The molecule has 7 nitrogen and oxygen atoms in total. The van der Waals surface area contributed by atoms with Gasteiger partial charge in [-0.3, -0.25) is 9.89 Å². The molecule has 1 saturated heterocycles. The summed E-state index contributed by atoms with van der Waals surface area (Å²) in [7, 11) is -3.58. The lowest BCUT2D eigenvalue weighted by Gasteiger charge is -2.34. The Morgan fingerprint density at radius 3 is 2.08 bits per heavy atom. The highest BCUT2D eigenvalue weighted by molar-refractivity contribution is 7.89. The van der Waals surface area contributed by atoms with Gasteiger partial charge in [0.05, 0.1) is 4.90 Å². The highest BCUT2D eigenvalue weighted by atomic mass is 32.2. The largest absolute Gasteiger partial charge is 0.335 e. The van der Waals surface area contributed by atoms with E-state index in [1.165, 1.54) is 4.31 Å². The molecule has 0 unspecified atom stereocenters. The molecule has 0 spiro atoms. The van der Waals surface area contributed by atoms with Crippen molar-refractivity contribution in [2.45, 2.75) is 32.6 Å². The van der Waals surface area contributed by atoms with Crippen LogP contribution in [0.25, 0.3) is 0 Å². The maximum atomic E-state index is 13.1. The van der Waals surface area contributed by atoms with Crippen LogP contribution in [-0.2, 0) is 10.0 Å². The zero-order chi connectivity index (χ0) is 19.1. The predicted molar refractivity (Wildman–Crippen MR) is 98.6 cm³/mol. The summed E-state index contributed by atoms with van der Waals surface area (Å²) in [5.74, 6) is -0.172. The van der Waals surface area contributed by atoms with Crippen molar-refractivity contribution in [1.29, 1.82) is 0 Å². The summed E-state index contributed by atoms with van der Waals surface area (Å²) in [6.45, 7) is 8.72. The number of nitrogens with zero attached hydrogens (tertiary/aromatic N) is 3. The van der Waals surface area contributed by atoms with E-state index in [-0.39, 0.29) is 19.0 Å². The van der Waals surface area contributed by atoms with E-state index < -0.39 is 10.0 Å². The third-order valence-corrected chi connectivity index (χ3v) is 6.86. The lowest BCUT2D eigenvalue weighted by atomic mass is 10.1. The Morgan fingerprint density at radius 2 is 1.58 bits per heavy atom. The van der Waals surface area contributed by atoms with E-state index in [1.807, 2.05) is 39.8 Å². The summed E-state index contributed by atoms with van der Waals surface area (Å²) in [6, 6.07) is 5.48. The maximum absolute atomic E-state index is 13.1. The molecular weight excluding hydrogens is 352 g/mol. The lowest BCUT2D eigenvalue weighted by Crippen LogP contribution is -2.50. The molecule has 26 heavy (non-hydrogen) atoms. The fraction of sp³-hybridized carbons (Fsp3) is 0.444. The third-order valence-electron chi connectivity index (χ3n) is 4.65. The van der Waals surface area contributed by atoms with E-state index >= 15 is 0 Å². The van der Waals surface area contributed by atoms with Gasteiger partial charge in [-0.1, -0.05) is 17.7 Å². The number of aromatic nitrogens is 2. The molecule has 0 radical (unpaired) electrons. The number of aryl methyl sites for hydroxylation is 4. The van der Waals surface area contributed by atoms with E-state index in [0.717, 1.165) is 22.4 Å². The normalized spacial score (nSPS) is 16.1. The Balaban J connectivity index is 1.76. The summed E-state index contributed by atoms with van der Waals surface area (Å²) in [4.78, 5) is 14.5. The molecule has 140 valence electrons. The minimum Gasteiger partial charge on any atom is -0.335 e. The number of benzene rings is 1. The molecule has 1 aromatic carbocycles. The second kappa shape index (κ2) is 6.85. The first-order valence-electron chi connectivity index (χ1n) is 8.59. The van der Waals surface area contributed by atoms with Crippen LogP contribution < -0.4 is 0 Å². The number of hydrogen-bond donors (Lipinski definition) is 1. The van der Waals surface area contributed by atoms with Crippen LogP contribution in [0.5, 0.6) is 0 Å². The fourth-order valence-electron chi connectivity index (χ4n) is 3.52. The quantitative estimate of drug-likeness (QED) is 0.885. The van der Waals surface area contributed by atoms with Crippen LogP contribution in [0.3, 0.4) is 0 Å². The van der Waals surface area contributed by atoms with E-state index in [4.69, 9.17) is 0 Å². The van der Waals surface area contributed by atoms with Crippen LogP contribution in [0, 0.1) is 27.7 Å². The van der Waals surface area contributed by atoms with Gasteiger partial charge in [-0.25, -0.2) is 8.42 Å². The van der Waals surface area contributed by atoms with Crippen molar-refractivity contribution in [1.82, 2.24) is 19.4 Å². The topological polar surface area (TPSA) is 86.4 Å². The molecule has 2 aromatic rings. The van der Waals surface area contributed by atoms with Crippen molar-refractivity contribution in [3.63, 3.8) is 0 Å². The Morgan fingerprint density at radius 1 is 1.00 bits per heavy atom. The molecular formula is C18H24N4O3S. The Bertz CT molecular complexity index is 918. The van der Waals surface area contributed by atoms with E-state index in [0.29, 0.717) is 23.7 Å². The zero-order valence-electron chi connectivity index (χ0n) is 15.5. The van der Waals surface area contributed by atoms with Gasteiger partial charge in [0.25, 0.3) is 5.91 Å². The molecule has 0 saturated carbocycles. The van der Waals surface area contributed by atoms with Crippen LogP contribution in [-0.4, -0.2) is 59.9 Å². The smallest absolute Gasteiger partial charge is 0.274 e. The summed E-state index contributed by atoms with van der Waals surface area (Å²) in [5, 5.41) is 6.75. The molecule has 1 N–H and O–H groups in total. The predicted octanol–water partition coefficient (Wildman–Crippen LogP) is 1.79. The van der Waals surface area contributed by atoms with E-state index in [2.05, 4.69) is 10.2 Å². The average molecular weight is 376 g/mol. The number of hydrogen-bond acceptors (Lipinski definition) is 4. The SMILES string of the molecule is Cc1cc(C)c(S(=O)(=O)N2CCN(C(=O)c3cc(C)[nH]n3)CC2)c(C)c1. The van der Waals surface area contributed by atoms with Gasteiger partial charge in [-0.2, -0.15) is 9.40 Å². The van der Waals surface area contributed by atoms with Gasteiger partial charge >= 0.3 is 0 Å². The van der Waals surface area contributed by atoms with Crippen LogP contribution in [0.15, 0.2) is 23.1 Å². The van der Waals surface area contributed by atoms with Gasteiger partial charge in [-0.15, -0.1) is 0 Å². The van der Waals surface area contributed by atoms with Crippen molar-refractivity contribution in [2.24, 2.45) is 0 Å². The molecule has 0 aliphatic carbocycles. The molecule has 1 aliphatic heterocycles. The minimum atomic E-state index is -3.58. The van der Waals surface area contributed by atoms with Gasteiger partial charge in [0, 0.05) is 31.9 Å². The summed E-state index contributed by atoms with van der Waals surface area (Å²) < 4.78 is 27.7. The molecule has 0 bridgehead atoms. The number of rotatable bonds is 3. The number of amides is 1. The van der Waals surface area contributed by atoms with Crippen LogP contribution >= 0.6 is 0 Å². The highest BCUT2D eigenvalue weighted by Gasteiger charge is 2.32. The number of nitrogens with one attached hydrogen (secondary N) is 1. The number of carbonyl (C=O) groups excluding carboxylic acids is 1. The van der Waals surface area contributed by atoms with Crippen molar-refractivity contribution in [2.75, 3.05) is 26.2 Å². The molecule has 3 rings (SSSR count). The summed E-state index contributed by atoms with van der Waals surface area (Å²) in [6.07, 6.45) is 0. The number of H-pyrrole nitrogens is 1. The monoisotopic (exact) mass is 376 g/mol. The van der Waals surface area contributed by atoms with Crippen LogP contribution in [0.4, 0.5) is 0 Å². The molecule has 8 heteroatoms. The first-order chi connectivity index (χ1) is 12.2. The average Bonchev–Trinajstić information content (AvgIpc) is 2.99. The standard InChI is InChI=1S/C18H24N4O3S/c1-12-9-13(2)17(14(3)10-12)26(24,25)22-7-5-21(6-8-22)18(23)16-11-15(4)19-20-16/h9-11H,5-8H2,1-4H3,(H,19,20). The van der Waals surface area contributed by atoms with Crippen molar-refractivity contribution < 1.29 is 13.2 Å². The Kier molecular flexibility index (Phi) is 4.90. The van der Waals surface area contributed by atoms with E-state index in [9.17, 15) is 13.2 Å². The minimum absolute atomic E-state index is 0.172. The third kappa shape index (κ3) is 3.39. The molecule has 1 aliphatic rings. The highest BCUT2D eigenvalue weighted by Crippen LogP contribution is 2.26. The van der Waals surface area contributed by atoms with Gasteiger partial charge in [-0.05, 0) is 44.9 Å². The first kappa shape index (κ1) is 18.6. The summed E-state index contributed by atoms with van der Waals surface area (Å²) in [5.41, 5.74) is 3.74. The molecule has 2 heterocycles. The number of sulfonamides is 1. The lowest BCUT2D eigenvalue weighted by molar-refractivity contribution is 0.0692.